The van der Waals surface area contributed by atoms with E-state index in [4.69, 9.17) is 10.5 Å². The first-order chi connectivity index (χ1) is 18.2. The van der Waals surface area contributed by atoms with Crippen molar-refractivity contribution in [1.29, 1.82) is 0 Å². The van der Waals surface area contributed by atoms with E-state index in [1.54, 1.807) is 13.8 Å². The van der Waals surface area contributed by atoms with Gasteiger partial charge < -0.3 is 31.1 Å². The number of ketones is 4. The van der Waals surface area contributed by atoms with Crippen LogP contribution in [0, 0.1) is 23.7 Å². The van der Waals surface area contributed by atoms with Crippen molar-refractivity contribution < 1.29 is 48.8 Å². The number of likely N-dealkylation sites (N-methyl/N-ethyl adjacent to an activating group) is 1. The van der Waals surface area contributed by atoms with E-state index in [9.17, 15) is 44.1 Å². The van der Waals surface area contributed by atoms with Crippen molar-refractivity contribution in [3.63, 3.8) is 0 Å². The number of aliphatic hydroxyl groups excluding tert-OH is 1. The van der Waals surface area contributed by atoms with Crippen molar-refractivity contribution in [1.82, 2.24) is 4.90 Å². The largest absolute Gasteiger partial charge is 0.505 e. The summed E-state index contributed by atoms with van der Waals surface area (Å²) in [5, 5.41) is 36.8. The predicted molar refractivity (Wildman–Crippen MR) is 133 cm³/mol. The second kappa shape index (κ2) is 9.81. The molecule has 0 aromatic heterocycles. The molecule has 4 rings (SSSR count). The van der Waals surface area contributed by atoms with Crippen LogP contribution in [-0.2, 0) is 28.7 Å². The number of phenols is 1. The van der Waals surface area contributed by atoms with Gasteiger partial charge >= 0.3 is 5.97 Å². The Morgan fingerprint density at radius 3 is 2.36 bits per heavy atom. The summed E-state index contributed by atoms with van der Waals surface area (Å²) in [5.41, 5.74) is 2.26. The molecular weight excluding hydrogens is 514 g/mol. The summed E-state index contributed by atoms with van der Waals surface area (Å²) in [4.78, 5) is 79.3. The number of hydrogen-bond donors (Lipinski definition) is 5. The molecule has 210 valence electrons. The molecule has 1 amide bonds. The number of nitrogens with one attached hydrogen (secondary N) is 1. The van der Waals surface area contributed by atoms with Gasteiger partial charge in [0.2, 0.25) is 5.91 Å². The summed E-state index contributed by atoms with van der Waals surface area (Å²) in [6, 6.07) is 1.50. The highest BCUT2D eigenvalue weighted by atomic mass is 16.5. The van der Waals surface area contributed by atoms with E-state index < -0.39 is 88.1 Å². The van der Waals surface area contributed by atoms with Gasteiger partial charge in [0, 0.05) is 5.92 Å². The van der Waals surface area contributed by atoms with Gasteiger partial charge in [0.1, 0.15) is 12.3 Å². The molecule has 13 nitrogen and oxygen atoms in total. The number of nitrogens with zero attached hydrogens (tertiary/aromatic N) is 1. The Morgan fingerprint density at radius 1 is 1.15 bits per heavy atom. The molecule has 1 aromatic carbocycles. The second-order valence-corrected chi connectivity index (χ2v) is 10.4. The van der Waals surface area contributed by atoms with Gasteiger partial charge in [-0.1, -0.05) is 13.0 Å². The maximum atomic E-state index is 13.9. The first-order valence-electron chi connectivity index (χ1n) is 12.5. The number of aliphatic hydroxyl groups is 2. The van der Waals surface area contributed by atoms with E-state index in [1.807, 2.05) is 0 Å². The molecule has 0 aliphatic heterocycles. The smallest absolute Gasteiger partial charge is 0.325 e. The molecule has 2 fully saturated rings. The van der Waals surface area contributed by atoms with Crippen LogP contribution in [0.1, 0.15) is 35.7 Å². The summed E-state index contributed by atoms with van der Waals surface area (Å²) in [7, 11) is 2.85. The van der Waals surface area contributed by atoms with E-state index >= 15 is 0 Å². The van der Waals surface area contributed by atoms with E-state index in [-0.39, 0.29) is 24.4 Å². The van der Waals surface area contributed by atoms with Crippen molar-refractivity contribution in [2.45, 2.75) is 37.5 Å². The van der Waals surface area contributed by atoms with Gasteiger partial charge in [-0.3, -0.25) is 33.7 Å². The zero-order valence-electron chi connectivity index (χ0n) is 21.8. The van der Waals surface area contributed by atoms with E-state index in [1.165, 1.54) is 31.1 Å². The number of anilines is 1. The van der Waals surface area contributed by atoms with Gasteiger partial charge in [-0.05, 0) is 38.6 Å². The predicted octanol–water partition coefficient (Wildman–Crippen LogP) is -1.63. The number of phenolic OH excluding ortho intramolecular Hbond substituents is 1. The van der Waals surface area contributed by atoms with Crippen LogP contribution in [0.5, 0.6) is 5.75 Å². The molecule has 6 N–H and O–H groups in total. The highest BCUT2D eigenvalue weighted by Crippen LogP contribution is 2.55. The Kier molecular flexibility index (Phi) is 7.13. The fraction of sp³-hybridized carbons (Fsp3) is 0.538. The standard InChI is InChI=1S/C26H31N3O10/c1-5-39-12(30)8-28-11-7-6-10-9(2)13-15(20(32)14(10)19(11)31)23(35)26(38)17(21(13)33)18(29(3)4)22(34)16(24(26)36)25(27)37/h6-7,9,13,15-18,21,28,31,33,38H,5,8H2,1-4H3,(H2,27,37)/t9-,13+,15?,16?,17+,18-,21-,26-/m1/s1. The first kappa shape index (κ1) is 28.3. The van der Waals surface area contributed by atoms with Gasteiger partial charge in [0.05, 0.1) is 41.8 Å². The van der Waals surface area contributed by atoms with Crippen LogP contribution < -0.4 is 11.1 Å². The number of carbonyl (C=O) groups excluding carboxylic acids is 6. The van der Waals surface area contributed by atoms with Crippen LogP contribution in [0.25, 0.3) is 0 Å². The summed E-state index contributed by atoms with van der Waals surface area (Å²) in [6.45, 7) is 3.05. The van der Waals surface area contributed by atoms with Crippen LogP contribution >= 0.6 is 0 Å². The number of fused-ring (bicyclic) bond motifs is 3. The highest BCUT2D eigenvalue weighted by Gasteiger charge is 2.72. The number of primary amides is 1. The summed E-state index contributed by atoms with van der Waals surface area (Å²) in [6.07, 6.45) is -1.71. The number of nitrogens with two attached hydrogens (primary N) is 1. The normalized spacial score (nSPS) is 33.8. The third kappa shape index (κ3) is 3.95. The molecule has 3 aliphatic rings. The minimum Gasteiger partial charge on any atom is -0.505 e. The Labute approximate surface area is 223 Å². The molecule has 0 bridgehead atoms. The lowest BCUT2D eigenvalue weighted by Gasteiger charge is -2.56. The van der Waals surface area contributed by atoms with Crippen LogP contribution in [-0.4, -0.2) is 100 Å². The molecule has 1 aromatic rings. The van der Waals surface area contributed by atoms with Gasteiger partial charge in [0.15, 0.2) is 34.7 Å². The Morgan fingerprint density at radius 2 is 1.79 bits per heavy atom. The molecule has 3 aliphatic carbocycles. The van der Waals surface area contributed by atoms with Crippen molar-refractivity contribution in [3.05, 3.63) is 23.3 Å². The average Bonchev–Trinajstić information content (AvgIpc) is 2.85. The minimum atomic E-state index is -3.06. The van der Waals surface area contributed by atoms with Crippen molar-refractivity contribution in [2.75, 3.05) is 32.6 Å². The molecule has 0 heterocycles. The van der Waals surface area contributed by atoms with Crippen molar-refractivity contribution in [2.24, 2.45) is 29.4 Å². The average molecular weight is 546 g/mol. The topological polar surface area (TPSA) is 214 Å². The fourth-order valence-electron chi connectivity index (χ4n) is 6.51. The third-order valence-electron chi connectivity index (χ3n) is 8.22. The van der Waals surface area contributed by atoms with E-state index in [0.29, 0.717) is 5.56 Å². The van der Waals surface area contributed by atoms with Crippen molar-refractivity contribution in [3.8, 4) is 5.75 Å². The van der Waals surface area contributed by atoms with Crippen LogP contribution in [0.2, 0.25) is 0 Å². The number of Topliss-reactive ketones (excluding diaryl/α,β-unsaturated/α-hetero) is 4. The SMILES string of the molecule is CCOC(=O)CNc1ccc2c(c1O)C(=O)C1C(=O)[C@@]3(O)C(=O)C(C(N)=O)C(=O)[C@H](N(C)C)[C@H]3[C@H](O)[C@H]1[C@@H]2C. The zero-order chi connectivity index (χ0) is 29.1. The summed E-state index contributed by atoms with van der Waals surface area (Å²) in [5.74, 6) is -14.7. The molecule has 8 atom stereocenters. The third-order valence-corrected chi connectivity index (χ3v) is 8.22. The van der Waals surface area contributed by atoms with Crippen LogP contribution in [0.3, 0.4) is 0 Å². The van der Waals surface area contributed by atoms with E-state index in [2.05, 4.69) is 5.32 Å². The Hall–Kier alpha value is -3.68. The number of amides is 1. The Balaban J connectivity index is 1.84. The monoisotopic (exact) mass is 545 g/mol. The van der Waals surface area contributed by atoms with Crippen molar-refractivity contribution >= 4 is 40.7 Å². The maximum absolute atomic E-state index is 13.9. The molecule has 0 spiro atoms. The number of rotatable bonds is 6. The lowest BCUT2D eigenvalue weighted by molar-refractivity contribution is -0.196. The maximum Gasteiger partial charge on any atom is 0.325 e. The van der Waals surface area contributed by atoms with Gasteiger partial charge in [-0.2, -0.15) is 0 Å². The zero-order valence-corrected chi connectivity index (χ0v) is 21.8. The highest BCUT2D eigenvalue weighted by molar-refractivity contribution is 6.32. The number of benzene rings is 1. The first-order valence-corrected chi connectivity index (χ1v) is 12.5. The second-order valence-electron chi connectivity index (χ2n) is 10.4. The Bertz CT molecular complexity index is 1290. The summed E-state index contributed by atoms with van der Waals surface area (Å²) >= 11 is 0. The van der Waals surface area contributed by atoms with Gasteiger partial charge in [0.25, 0.3) is 0 Å². The number of hydrogen-bond acceptors (Lipinski definition) is 12. The molecular formula is C26H31N3O10. The van der Waals surface area contributed by atoms with Gasteiger partial charge in [-0.15, -0.1) is 0 Å². The van der Waals surface area contributed by atoms with Crippen LogP contribution in [0.4, 0.5) is 5.69 Å². The molecule has 13 heteroatoms. The number of aromatic hydroxyl groups is 1. The lowest BCUT2D eigenvalue weighted by atomic mass is 9.49. The summed E-state index contributed by atoms with van der Waals surface area (Å²) < 4.78 is 4.84. The fourth-order valence-corrected chi connectivity index (χ4v) is 6.51. The molecule has 0 radical (unpaired) electrons. The molecule has 39 heavy (non-hydrogen) atoms. The minimum absolute atomic E-state index is 0.00185. The quantitative estimate of drug-likeness (QED) is 0.155. The number of carbonyl (C=O) groups is 6. The van der Waals surface area contributed by atoms with E-state index in [0.717, 1.165) is 0 Å². The molecule has 2 saturated carbocycles. The molecule has 0 saturated heterocycles. The number of esters is 1. The number of ether oxygens (including phenoxy) is 1. The molecule has 2 unspecified atom stereocenters. The van der Waals surface area contributed by atoms with Crippen LogP contribution in [0.15, 0.2) is 12.1 Å². The lowest BCUT2D eigenvalue weighted by Crippen LogP contribution is -2.77. The van der Waals surface area contributed by atoms with Gasteiger partial charge in [-0.25, -0.2) is 0 Å².